The van der Waals surface area contributed by atoms with E-state index in [4.69, 9.17) is 14.1 Å². The number of rotatable bonds is 6. The van der Waals surface area contributed by atoms with Crippen LogP contribution in [0.2, 0.25) is 0 Å². The standard InChI is InChI=1S/C30H40BFO7/c1-6-11-28(4)14-22(39-23(34)16-37-21-8-7-19-15-38-31(36)24(19)25(21)32)29(5)17(2)9-12-30(18(3)27(28)35)13-10-20(33)26(29)30/h6-8,17-18,22,26-27,35-36H,1,9-16H2,2-5H3/t17-,18+,22-,26+,27+,28-,29+,30+/m1/s1. The zero-order valence-corrected chi connectivity index (χ0v) is 23.4. The molecule has 0 radical (unpaired) electrons. The van der Waals surface area contributed by atoms with Crippen LogP contribution in [0.4, 0.5) is 4.39 Å². The number of carbonyl (C=O) groups is 2. The van der Waals surface area contributed by atoms with Gasteiger partial charge in [0.15, 0.2) is 18.2 Å². The summed E-state index contributed by atoms with van der Waals surface area (Å²) in [6.07, 6.45) is 4.29. The average Bonchev–Trinajstić information content (AvgIpc) is 3.45. The molecule has 7 nitrogen and oxygen atoms in total. The number of allylic oxidation sites excluding steroid dienone is 1. The maximum absolute atomic E-state index is 15.0. The molecule has 1 heterocycles. The molecule has 0 amide bonds. The van der Waals surface area contributed by atoms with Crippen molar-refractivity contribution in [2.24, 2.45) is 34.0 Å². The highest BCUT2D eigenvalue weighted by molar-refractivity contribution is 6.61. The Balaban J connectivity index is 1.45. The average molecular weight is 542 g/mol. The summed E-state index contributed by atoms with van der Waals surface area (Å²) in [5, 5.41) is 21.7. The summed E-state index contributed by atoms with van der Waals surface area (Å²) in [5.41, 5.74) is -1.04. The Morgan fingerprint density at radius 1 is 1.31 bits per heavy atom. The van der Waals surface area contributed by atoms with Gasteiger partial charge in [0.1, 0.15) is 11.9 Å². The highest BCUT2D eigenvalue weighted by atomic mass is 19.1. The molecule has 0 unspecified atom stereocenters. The Kier molecular flexibility index (Phi) is 7.26. The second-order valence-electron chi connectivity index (χ2n) is 12.9. The number of esters is 1. The van der Waals surface area contributed by atoms with Crippen molar-refractivity contribution in [3.05, 3.63) is 36.2 Å². The summed E-state index contributed by atoms with van der Waals surface area (Å²) in [5.74, 6) is -1.71. The van der Waals surface area contributed by atoms with Crippen LogP contribution in [0.15, 0.2) is 24.8 Å². The summed E-state index contributed by atoms with van der Waals surface area (Å²) in [4.78, 5) is 26.8. The molecule has 2 N–H and O–H groups in total. The Hall–Kier alpha value is -2.23. The van der Waals surface area contributed by atoms with E-state index >= 15 is 0 Å². The molecule has 1 aromatic carbocycles. The monoisotopic (exact) mass is 542 g/mol. The molecule has 0 saturated heterocycles. The van der Waals surface area contributed by atoms with Gasteiger partial charge < -0.3 is 24.3 Å². The molecule has 3 aliphatic carbocycles. The van der Waals surface area contributed by atoms with Gasteiger partial charge in [0, 0.05) is 28.6 Å². The predicted octanol–water partition coefficient (Wildman–Crippen LogP) is 3.72. The second-order valence-corrected chi connectivity index (χ2v) is 12.9. The highest BCUT2D eigenvalue weighted by Crippen LogP contribution is 2.68. The molecule has 1 aromatic rings. The smallest absolute Gasteiger partial charge is 0.479 e. The molecule has 0 aromatic heterocycles. The lowest BCUT2D eigenvalue weighted by atomic mass is 9.43. The van der Waals surface area contributed by atoms with Crippen molar-refractivity contribution in [2.75, 3.05) is 6.61 Å². The summed E-state index contributed by atoms with van der Waals surface area (Å²) in [7, 11) is -1.38. The van der Waals surface area contributed by atoms with Gasteiger partial charge in [-0.15, -0.1) is 6.58 Å². The minimum atomic E-state index is -1.38. The van der Waals surface area contributed by atoms with Crippen molar-refractivity contribution >= 4 is 24.3 Å². The largest absolute Gasteiger partial charge is 0.494 e. The lowest BCUT2D eigenvalue weighted by Gasteiger charge is -2.62. The van der Waals surface area contributed by atoms with E-state index in [1.54, 1.807) is 12.1 Å². The minimum absolute atomic E-state index is 0.0174. The first kappa shape index (κ1) is 28.3. The molecule has 1 aliphatic heterocycles. The van der Waals surface area contributed by atoms with E-state index in [9.17, 15) is 24.1 Å². The predicted molar refractivity (Wildman–Crippen MR) is 144 cm³/mol. The van der Waals surface area contributed by atoms with E-state index in [0.29, 0.717) is 24.8 Å². The van der Waals surface area contributed by atoms with E-state index in [0.717, 1.165) is 19.3 Å². The molecule has 2 bridgehead atoms. The number of Topliss-reactive ketones (excluding diaryl/α,β-unsaturated/α-hetero) is 1. The maximum atomic E-state index is 15.0. The Bertz CT molecular complexity index is 1170. The quantitative estimate of drug-likeness (QED) is 0.321. The third kappa shape index (κ3) is 4.27. The van der Waals surface area contributed by atoms with Crippen LogP contribution in [0.5, 0.6) is 5.75 Å². The number of benzene rings is 1. The van der Waals surface area contributed by atoms with Crippen LogP contribution in [0.1, 0.15) is 71.8 Å². The van der Waals surface area contributed by atoms with Crippen molar-refractivity contribution in [3.8, 4) is 5.75 Å². The fourth-order valence-corrected chi connectivity index (χ4v) is 8.59. The van der Waals surface area contributed by atoms with Crippen LogP contribution in [0.25, 0.3) is 0 Å². The van der Waals surface area contributed by atoms with E-state index < -0.39 is 48.5 Å². The lowest BCUT2D eigenvalue weighted by Crippen LogP contribution is -2.63. The summed E-state index contributed by atoms with van der Waals surface area (Å²) in [6, 6.07) is 3.01. The van der Waals surface area contributed by atoms with Crippen LogP contribution in [0.3, 0.4) is 0 Å². The Morgan fingerprint density at radius 3 is 2.77 bits per heavy atom. The van der Waals surface area contributed by atoms with Gasteiger partial charge in [-0.3, -0.25) is 4.79 Å². The first-order chi connectivity index (χ1) is 18.4. The lowest BCUT2D eigenvalue weighted by molar-refractivity contribution is -0.212. The number of ether oxygens (including phenoxy) is 2. The highest BCUT2D eigenvalue weighted by Gasteiger charge is 2.68. The Morgan fingerprint density at radius 2 is 2.05 bits per heavy atom. The third-order valence-corrected chi connectivity index (χ3v) is 11.0. The van der Waals surface area contributed by atoms with Crippen LogP contribution >= 0.6 is 0 Å². The number of fused-ring (bicyclic) bond motifs is 1. The van der Waals surface area contributed by atoms with Crippen LogP contribution < -0.4 is 10.2 Å². The van der Waals surface area contributed by atoms with Gasteiger partial charge in [-0.2, -0.15) is 0 Å². The molecule has 8 atom stereocenters. The first-order valence-electron chi connectivity index (χ1n) is 14.1. The van der Waals surface area contributed by atoms with Gasteiger partial charge in [0.05, 0.1) is 12.7 Å². The van der Waals surface area contributed by atoms with Gasteiger partial charge in [0.25, 0.3) is 0 Å². The number of aliphatic hydroxyl groups excluding tert-OH is 1. The third-order valence-electron chi connectivity index (χ3n) is 11.0. The van der Waals surface area contributed by atoms with Crippen molar-refractivity contribution in [1.82, 2.24) is 0 Å². The molecule has 0 spiro atoms. The van der Waals surface area contributed by atoms with Gasteiger partial charge in [-0.25, -0.2) is 9.18 Å². The number of halogens is 1. The molecule has 5 rings (SSSR count). The van der Waals surface area contributed by atoms with Gasteiger partial charge in [-0.1, -0.05) is 39.8 Å². The minimum Gasteiger partial charge on any atom is -0.479 e. The fourth-order valence-electron chi connectivity index (χ4n) is 8.59. The number of hydrogen-bond acceptors (Lipinski definition) is 7. The zero-order valence-electron chi connectivity index (χ0n) is 23.4. The SMILES string of the molecule is C=CC[C@]1(C)C[C@@H](OC(=O)COc2ccc3c(c2F)B(O)OC3)[C@]2(C)[C@H](C)CC[C@]3(CCC(=O)[C@H]32)[C@@H](C)[C@@H]1O. The van der Waals surface area contributed by atoms with Crippen molar-refractivity contribution in [2.45, 2.75) is 85.0 Å². The summed E-state index contributed by atoms with van der Waals surface area (Å²) in [6.45, 7) is 11.8. The number of hydrogen-bond donors (Lipinski definition) is 2. The molecule has 4 aliphatic rings. The molecule has 212 valence electrons. The van der Waals surface area contributed by atoms with E-state index in [1.807, 2.05) is 6.92 Å². The zero-order chi connectivity index (χ0) is 28.3. The van der Waals surface area contributed by atoms with Crippen molar-refractivity contribution in [1.29, 1.82) is 0 Å². The van der Waals surface area contributed by atoms with E-state index in [2.05, 4.69) is 27.4 Å². The van der Waals surface area contributed by atoms with Crippen LogP contribution in [-0.2, 0) is 25.6 Å². The molecule has 3 saturated carbocycles. The Labute approximate surface area is 230 Å². The summed E-state index contributed by atoms with van der Waals surface area (Å²) >= 11 is 0. The molecule has 3 fully saturated rings. The topological polar surface area (TPSA) is 102 Å². The number of ketones is 1. The van der Waals surface area contributed by atoms with E-state index in [1.165, 1.54) is 6.07 Å². The number of aliphatic hydroxyl groups is 1. The van der Waals surface area contributed by atoms with Gasteiger partial charge >= 0.3 is 13.1 Å². The molecular weight excluding hydrogens is 502 g/mol. The number of carbonyl (C=O) groups excluding carboxylic acids is 2. The van der Waals surface area contributed by atoms with Gasteiger partial charge in [-0.05, 0) is 61.0 Å². The van der Waals surface area contributed by atoms with Crippen molar-refractivity contribution < 1.29 is 38.2 Å². The molecule has 9 heteroatoms. The normalized spacial score (nSPS) is 39.4. The van der Waals surface area contributed by atoms with E-state index in [-0.39, 0.29) is 46.8 Å². The molecule has 39 heavy (non-hydrogen) atoms. The fraction of sp³-hybridized carbons (Fsp3) is 0.667. The van der Waals surface area contributed by atoms with Crippen molar-refractivity contribution in [3.63, 3.8) is 0 Å². The first-order valence-corrected chi connectivity index (χ1v) is 14.1. The molecular formula is C30H40BFO7. The maximum Gasteiger partial charge on any atom is 0.494 e. The van der Waals surface area contributed by atoms with Crippen LogP contribution in [-0.4, -0.2) is 47.8 Å². The van der Waals surface area contributed by atoms with Gasteiger partial charge in [0.2, 0.25) is 0 Å². The second kappa shape index (κ2) is 10.00. The summed E-state index contributed by atoms with van der Waals surface area (Å²) < 4.78 is 31.8. The van der Waals surface area contributed by atoms with Crippen LogP contribution in [0, 0.1) is 39.8 Å².